The normalized spacial score (nSPS) is 14.0. The highest BCUT2D eigenvalue weighted by Gasteiger charge is 2.28. The van der Waals surface area contributed by atoms with Crippen molar-refractivity contribution in [3.8, 4) is 0 Å². The third-order valence-corrected chi connectivity index (χ3v) is 4.66. The van der Waals surface area contributed by atoms with Gasteiger partial charge < -0.3 is 13.7 Å². The predicted octanol–water partition coefficient (Wildman–Crippen LogP) is 4.23. The molecular weight excluding hydrogens is 318 g/mol. The summed E-state index contributed by atoms with van der Waals surface area (Å²) in [5, 5.41) is 0.828. The van der Waals surface area contributed by atoms with Gasteiger partial charge in [0.25, 0.3) is 0 Å². The molecule has 0 N–H and O–H groups in total. The van der Waals surface area contributed by atoms with E-state index in [9.17, 15) is 9.59 Å². The van der Waals surface area contributed by atoms with Crippen LogP contribution in [0.25, 0.3) is 11.0 Å². The second-order valence-electron chi connectivity index (χ2n) is 6.53. The zero-order valence-corrected chi connectivity index (χ0v) is 14.2. The Labute approximate surface area is 145 Å². The fourth-order valence-corrected chi connectivity index (χ4v) is 3.32. The van der Waals surface area contributed by atoms with E-state index in [0.717, 1.165) is 29.6 Å². The molecule has 128 valence electrons. The van der Waals surface area contributed by atoms with Gasteiger partial charge in [0.2, 0.25) is 11.5 Å². The average Bonchev–Trinajstić information content (AvgIpc) is 3.25. The second-order valence-corrected chi connectivity index (χ2v) is 6.53. The molecule has 0 amide bonds. The molecule has 0 saturated heterocycles. The molecule has 1 saturated carbocycles. The summed E-state index contributed by atoms with van der Waals surface area (Å²) in [5.74, 6) is -0.706. The summed E-state index contributed by atoms with van der Waals surface area (Å²) in [6.45, 7) is 3.66. The average molecular weight is 337 g/mol. The zero-order valence-electron chi connectivity index (χ0n) is 14.2. The van der Waals surface area contributed by atoms with E-state index in [0.29, 0.717) is 17.2 Å². The predicted molar refractivity (Wildman–Crippen MR) is 93.0 cm³/mol. The maximum atomic E-state index is 12.5. The Morgan fingerprint density at radius 2 is 1.96 bits per heavy atom. The number of Topliss-reactive ketones (excluding diaryl/α,β-unsaturated/α-hetero) is 1. The number of hydrogen-bond acceptors (Lipinski definition) is 4. The van der Waals surface area contributed by atoms with Crippen molar-refractivity contribution in [2.45, 2.75) is 32.7 Å². The quantitative estimate of drug-likeness (QED) is 0.516. The molecule has 3 aromatic rings. The number of para-hydroxylation sites is 1. The Kier molecular flexibility index (Phi) is 3.71. The number of ether oxygens (including phenoxy) is 1. The van der Waals surface area contributed by atoms with E-state index in [-0.39, 0.29) is 18.2 Å². The molecule has 0 spiro atoms. The molecule has 0 atom stereocenters. The van der Waals surface area contributed by atoms with Crippen molar-refractivity contribution in [3.05, 3.63) is 59.1 Å². The van der Waals surface area contributed by atoms with Crippen molar-refractivity contribution in [2.75, 3.05) is 6.61 Å². The summed E-state index contributed by atoms with van der Waals surface area (Å²) in [7, 11) is 0. The maximum Gasteiger partial charge on any atom is 0.374 e. The van der Waals surface area contributed by atoms with E-state index in [1.54, 1.807) is 12.1 Å². The van der Waals surface area contributed by atoms with Gasteiger partial charge in [-0.2, -0.15) is 0 Å². The first kappa shape index (κ1) is 15.7. The van der Waals surface area contributed by atoms with Crippen LogP contribution in [0.15, 0.2) is 40.8 Å². The van der Waals surface area contributed by atoms with Gasteiger partial charge in [0, 0.05) is 28.4 Å². The van der Waals surface area contributed by atoms with Crippen molar-refractivity contribution in [2.24, 2.45) is 0 Å². The van der Waals surface area contributed by atoms with Gasteiger partial charge in [-0.1, -0.05) is 18.2 Å². The molecule has 5 nitrogen and oxygen atoms in total. The van der Waals surface area contributed by atoms with Crippen LogP contribution in [0.1, 0.15) is 51.2 Å². The molecule has 0 unspecified atom stereocenters. The number of benzene rings is 1. The molecule has 4 rings (SSSR count). The number of furan rings is 1. The Morgan fingerprint density at radius 1 is 1.20 bits per heavy atom. The number of rotatable bonds is 5. The summed E-state index contributed by atoms with van der Waals surface area (Å²) in [6, 6.07) is 11.4. The van der Waals surface area contributed by atoms with E-state index in [4.69, 9.17) is 9.15 Å². The number of esters is 1. The van der Waals surface area contributed by atoms with Gasteiger partial charge in [-0.3, -0.25) is 4.79 Å². The van der Waals surface area contributed by atoms with Crippen molar-refractivity contribution in [3.63, 3.8) is 0 Å². The Balaban J connectivity index is 1.46. The minimum absolute atomic E-state index is 0.109. The van der Waals surface area contributed by atoms with Crippen molar-refractivity contribution in [1.29, 1.82) is 0 Å². The van der Waals surface area contributed by atoms with Gasteiger partial charge >= 0.3 is 5.97 Å². The largest absolute Gasteiger partial charge is 0.451 e. The minimum atomic E-state index is -0.624. The van der Waals surface area contributed by atoms with Gasteiger partial charge in [0.05, 0.1) is 0 Å². The lowest BCUT2D eigenvalue weighted by molar-refractivity contribution is 0.0446. The fraction of sp³-hybridized carbons (Fsp3) is 0.300. The van der Waals surface area contributed by atoms with Crippen LogP contribution < -0.4 is 0 Å². The van der Waals surface area contributed by atoms with Crippen molar-refractivity contribution in [1.82, 2.24) is 4.57 Å². The zero-order chi connectivity index (χ0) is 17.6. The molecule has 25 heavy (non-hydrogen) atoms. The molecule has 1 aromatic carbocycles. The number of nitrogens with zero attached hydrogens (tertiary/aromatic N) is 1. The molecule has 1 aliphatic rings. The highest BCUT2D eigenvalue weighted by molar-refractivity contribution is 6.00. The number of aromatic nitrogens is 1. The lowest BCUT2D eigenvalue weighted by Crippen LogP contribution is -2.14. The Bertz CT molecular complexity index is 942. The van der Waals surface area contributed by atoms with E-state index in [2.05, 4.69) is 4.57 Å². The van der Waals surface area contributed by atoms with Crippen LogP contribution in [0, 0.1) is 13.8 Å². The first-order chi connectivity index (χ1) is 12.0. The first-order valence-corrected chi connectivity index (χ1v) is 8.42. The topological polar surface area (TPSA) is 61.4 Å². The standard InChI is InChI=1S/C20H19NO4/c1-12-9-16(13(2)21(12)15-7-8-15)17(22)11-24-20(23)19-10-14-5-3-4-6-18(14)25-19/h3-6,9-10,15H,7-8,11H2,1-2H3. The number of hydrogen-bond donors (Lipinski definition) is 0. The molecule has 1 fully saturated rings. The highest BCUT2D eigenvalue weighted by atomic mass is 16.5. The molecule has 0 radical (unpaired) electrons. The van der Waals surface area contributed by atoms with Crippen molar-refractivity contribution < 1.29 is 18.7 Å². The number of aryl methyl sites for hydroxylation is 1. The van der Waals surface area contributed by atoms with Gasteiger partial charge in [0.1, 0.15) is 5.58 Å². The Hall–Kier alpha value is -2.82. The minimum Gasteiger partial charge on any atom is -0.451 e. The van der Waals surface area contributed by atoms with Gasteiger partial charge in [-0.25, -0.2) is 4.79 Å². The third-order valence-electron chi connectivity index (χ3n) is 4.66. The summed E-state index contributed by atoms with van der Waals surface area (Å²) in [6.07, 6.45) is 2.32. The summed E-state index contributed by atoms with van der Waals surface area (Å²) in [5.41, 5.74) is 3.27. The molecule has 1 aliphatic carbocycles. The molecule has 0 aliphatic heterocycles. The fourth-order valence-electron chi connectivity index (χ4n) is 3.32. The monoisotopic (exact) mass is 337 g/mol. The lowest BCUT2D eigenvalue weighted by atomic mass is 10.1. The number of ketones is 1. The van der Waals surface area contributed by atoms with Gasteiger partial charge in [0.15, 0.2) is 6.61 Å². The van der Waals surface area contributed by atoms with E-state index < -0.39 is 5.97 Å². The molecule has 2 aromatic heterocycles. The first-order valence-electron chi connectivity index (χ1n) is 8.42. The smallest absolute Gasteiger partial charge is 0.374 e. The Morgan fingerprint density at radius 3 is 2.68 bits per heavy atom. The van der Waals surface area contributed by atoms with Crippen LogP contribution in [0.5, 0.6) is 0 Å². The van der Waals surface area contributed by atoms with Crippen LogP contribution in [0.4, 0.5) is 0 Å². The number of fused-ring (bicyclic) bond motifs is 1. The van der Waals surface area contributed by atoms with Gasteiger partial charge in [-0.05, 0) is 44.9 Å². The van der Waals surface area contributed by atoms with Crippen LogP contribution in [-0.4, -0.2) is 22.9 Å². The van der Waals surface area contributed by atoms with E-state index in [1.807, 2.05) is 38.1 Å². The number of carbonyl (C=O) groups excluding carboxylic acids is 2. The SMILES string of the molecule is Cc1cc(C(=O)COC(=O)c2cc3ccccc3o2)c(C)n1C1CC1. The van der Waals surface area contributed by atoms with Crippen molar-refractivity contribution >= 4 is 22.7 Å². The summed E-state index contributed by atoms with van der Waals surface area (Å²) < 4.78 is 12.8. The van der Waals surface area contributed by atoms with Crippen LogP contribution in [-0.2, 0) is 4.74 Å². The lowest BCUT2D eigenvalue weighted by Gasteiger charge is -2.07. The van der Waals surface area contributed by atoms with E-state index >= 15 is 0 Å². The maximum absolute atomic E-state index is 12.5. The van der Waals surface area contributed by atoms with Crippen LogP contribution in [0.3, 0.4) is 0 Å². The van der Waals surface area contributed by atoms with Gasteiger partial charge in [-0.15, -0.1) is 0 Å². The highest BCUT2D eigenvalue weighted by Crippen LogP contribution is 2.38. The van der Waals surface area contributed by atoms with Crippen LogP contribution >= 0.6 is 0 Å². The third kappa shape index (κ3) is 2.86. The number of carbonyl (C=O) groups is 2. The summed E-state index contributed by atoms with van der Waals surface area (Å²) >= 11 is 0. The molecule has 5 heteroatoms. The molecule has 2 heterocycles. The molecule has 0 bridgehead atoms. The molecular formula is C20H19NO4. The summed E-state index contributed by atoms with van der Waals surface area (Å²) in [4.78, 5) is 24.6. The van der Waals surface area contributed by atoms with E-state index in [1.165, 1.54) is 0 Å². The second kappa shape index (κ2) is 5.92. The van der Waals surface area contributed by atoms with Crippen LogP contribution in [0.2, 0.25) is 0 Å².